The van der Waals surface area contributed by atoms with E-state index < -0.39 is 22.0 Å². The van der Waals surface area contributed by atoms with E-state index in [1.54, 1.807) is 0 Å². The Hall–Kier alpha value is -2.38. The summed E-state index contributed by atoms with van der Waals surface area (Å²) in [5.74, 6) is -0.398. The average Bonchev–Trinajstić information content (AvgIpc) is 2.98. The van der Waals surface area contributed by atoms with Crippen molar-refractivity contribution in [2.24, 2.45) is 0 Å². The number of carbonyl (C=O) groups is 1. The fourth-order valence-electron chi connectivity index (χ4n) is 2.96. The third-order valence-corrected chi connectivity index (χ3v) is 4.90. The van der Waals surface area contributed by atoms with E-state index >= 15 is 0 Å². The van der Waals surface area contributed by atoms with Crippen molar-refractivity contribution in [2.45, 2.75) is 19.4 Å². The maximum Gasteiger partial charge on any atom is 0.242 e. The van der Waals surface area contributed by atoms with Crippen LogP contribution < -0.4 is 14.9 Å². The van der Waals surface area contributed by atoms with Crippen molar-refractivity contribution >= 4 is 33.0 Å². The highest BCUT2D eigenvalue weighted by Crippen LogP contribution is 2.34. The summed E-state index contributed by atoms with van der Waals surface area (Å²) in [6.07, 6.45) is 2.04. The molecule has 6 nitrogen and oxygen atoms in total. The zero-order valence-electron chi connectivity index (χ0n) is 14.2. The number of anilines is 3. The number of sulfonamides is 1. The van der Waals surface area contributed by atoms with Gasteiger partial charge in [0.15, 0.2) is 0 Å². The van der Waals surface area contributed by atoms with Crippen molar-refractivity contribution in [3.05, 3.63) is 54.1 Å². The lowest BCUT2D eigenvalue weighted by Gasteiger charge is -2.20. The van der Waals surface area contributed by atoms with Gasteiger partial charge >= 0.3 is 0 Å². The number of hydrogen-bond acceptors (Lipinski definition) is 4. The number of para-hydroxylation sites is 1. The highest BCUT2D eigenvalue weighted by atomic mass is 32.2. The van der Waals surface area contributed by atoms with Crippen LogP contribution in [-0.2, 0) is 21.2 Å². The van der Waals surface area contributed by atoms with Crippen molar-refractivity contribution in [1.29, 1.82) is 0 Å². The van der Waals surface area contributed by atoms with Gasteiger partial charge < -0.3 is 10.2 Å². The first kappa shape index (κ1) is 17.4. The lowest BCUT2D eigenvalue weighted by Crippen LogP contribution is -2.40. The fourth-order valence-corrected chi connectivity index (χ4v) is 3.71. The quantitative estimate of drug-likeness (QED) is 0.858. The van der Waals surface area contributed by atoms with Crippen molar-refractivity contribution in [2.75, 3.05) is 23.0 Å². The van der Waals surface area contributed by atoms with Crippen LogP contribution in [0.15, 0.2) is 48.5 Å². The molecule has 0 radical (unpaired) electrons. The summed E-state index contributed by atoms with van der Waals surface area (Å²) in [6.45, 7) is 2.44. The summed E-state index contributed by atoms with van der Waals surface area (Å²) < 4.78 is 24.6. The lowest BCUT2D eigenvalue weighted by atomic mass is 10.2. The molecule has 7 heteroatoms. The molecule has 3 rings (SSSR count). The van der Waals surface area contributed by atoms with Gasteiger partial charge in [0.1, 0.15) is 0 Å². The monoisotopic (exact) mass is 359 g/mol. The molecule has 1 heterocycles. The first-order chi connectivity index (χ1) is 11.8. The zero-order valence-corrected chi connectivity index (χ0v) is 15.0. The Labute approximate surface area is 147 Å². The van der Waals surface area contributed by atoms with Gasteiger partial charge in [-0.15, -0.1) is 0 Å². The molecule has 2 N–H and O–H groups in total. The van der Waals surface area contributed by atoms with Crippen LogP contribution in [0.2, 0.25) is 0 Å². The standard InChI is InChI=1S/C18H21N3O3S/c1-13(20-25(2,23)24)18(22)19-15-7-9-16(10-8-15)21-12-11-14-5-3-4-6-17(14)21/h3-10,13,20H,11-12H2,1-2H3,(H,19,22)/t13-/m1/s1. The number of hydrogen-bond donors (Lipinski definition) is 2. The van der Waals surface area contributed by atoms with E-state index in [2.05, 4.69) is 27.1 Å². The molecule has 0 fully saturated rings. The number of rotatable bonds is 5. The first-order valence-electron chi connectivity index (χ1n) is 8.07. The Kier molecular flexibility index (Phi) is 4.78. The topological polar surface area (TPSA) is 78.5 Å². The van der Waals surface area contributed by atoms with Gasteiger partial charge in [0.05, 0.1) is 12.3 Å². The lowest BCUT2D eigenvalue weighted by molar-refractivity contribution is -0.117. The summed E-state index contributed by atoms with van der Waals surface area (Å²) in [6, 6.07) is 15.0. The third-order valence-electron chi connectivity index (χ3n) is 4.12. The predicted molar refractivity (Wildman–Crippen MR) is 99.7 cm³/mol. The van der Waals surface area contributed by atoms with E-state index in [9.17, 15) is 13.2 Å². The van der Waals surface area contributed by atoms with E-state index in [-0.39, 0.29) is 0 Å². The van der Waals surface area contributed by atoms with Crippen molar-refractivity contribution in [1.82, 2.24) is 4.72 Å². The summed E-state index contributed by atoms with van der Waals surface area (Å²) >= 11 is 0. The smallest absolute Gasteiger partial charge is 0.242 e. The molecular weight excluding hydrogens is 338 g/mol. The number of fused-ring (bicyclic) bond motifs is 1. The Morgan fingerprint density at radius 3 is 2.48 bits per heavy atom. The molecular formula is C18H21N3O3S. The zero-order chi connectivity index (χ0) is 18.0. The van der Waals surface area contributed by atoms with E-state index in [0.29, 0.717) is 5.69 Å². The third kappa shape index (κ3) is 4.18. The Bertz CT molecular complexity index is 879. The summed E-state index contributed by atoms with van der Waals surface area (Å²) in [4.78, 5) is 14.3. The predicted octanol–water partition coefficient (Wildman–Crippen LogP) is 2.26. The van der Waals surface area contributed by atoms with Gasteiger partial charge in [0.25, 0.3) is 0 Å². The summed E-state index contributed by atoms with van der Waals surface area (Å²) in [5, 5.41) is 2.72. The molecule has 0 aliphatic carbocycles. The van der Waals surface area contributed by atoms with E-state index in [1.165, 1.54) is 18.2 Å². The van der Waals surface area contributed by atoms with E-state index in [1.807, 2.05) is 36.4 Å². The van der Waals surface area contributed by atoms with Crippen LogP contribution in [0.4, 0.5) is 17.1 Å². The Balaban J connectivity index is 1.68. The molecule has 2 aromatic carbocycles. The van der Waals surface area contributed by atoms with Crippen molar-refractivity contribution in [3.8, 4) is 0 Å². The maximum atomic E-state index is 12.0. The van der Waals surface area contributed by atoms with Gasteiger partial charge in [-0.25, -0.2) is 13.1 Å². The molecule has 0 aromatic heterocycles. The van der Waals surface area contributed by atoms with Crippen LogP contribution in [0.25, 0.3) is 0 Å². The molecule has 0 saturated carbocycles. The SMILES string of the molecule is C[C@@H](NS(C)(=O)=O)C(=O)Nc1ccc(N2CCc3ccccc32)cc1. The van der Waals surface area contributed by atoms with Gasteiger partial charge in [0.2, 0.25) is 15.9 Å². The van der Waals surface area contributed by atoms with Gasteiger partial charge in [-0.05, 0) is 49.2 Å². The second-order valence-electron chi connectivity index (χ2n) is 6.18. The second-order valence-corrected chi connectivity index (χ2v) is 7.96. The Morgan fingerprint density at radius 1 is 1.12 bits per heavy atom. The molecule has 1 aliphatic heterocycles. The van der Waals surface area contributed by atoms with Gasteiger partial charge in [-0.3, -0.25) is 4.79 Å². The van der Waals surface area contributed by atoms with Crippen molar-refractivity contribution in [3.63, 3.8) is 0 Å². The van der Waals surface area contributed by atoms with Crippen LogP contribution >= 0.6 is 0 Å². The molecule has 0 spiro atoms. The van der Waals surface area contributed by atoms with Crippen LogP contribution in [-0.4, -0.2) is 33.2 Å². The molecule has 1 aliphatic rings. The molecule has 0 bridgehead atoms. The molecule has 132 valence electrons. The van der Waals surface area contributed by atoms with Crippen LogP contribution in [0.1, 0.15) is 12.5 Å². The number of carbonyl (C=O) groups excluding carboxylic acids is 1. The largest absolute Gasteiger partial charge is 0.341 e. The molecule has 1 atom stereocenters. The van der Waals surface area contributed by atoms with Gasteiger partial charge in [-0.1, -0.05) is 18.2 Å². The minimum Gasteiger partial charge on any atom is -0.341 e. The van der Waals surface area contributed by atoms with E-state index in [4.69, 9.17) is 0 Å². The summed E-state index contributed by atoms with van der Waals surface area (Å²) in [5.41, 5.74) is 4.24. The molecule has 2 aromatic rings. The van der Waals surface area contributed by atoms with E-state index in [0.717, 1.165) is 24.9 Å². The molecule has 1 amide bonds. The minimum atomic E-state index is -3.42. The van der Waals surface area contributed by atoms with Gasteiger partial charge in [0, 0.05) is 23.6 Å². The molecule has 0 unspecified atom stereocenters. The second kappa shape index (κ2) is 6.85. The molecule has 0 saturated heterocycles. The first-order valence-corrected chi connectivity index (χ1v) is 9.96. The maximum absolute atomic E-state index is 12.0. The summed E-state index contributed by atoms with van der Waals surface area (Å²) in [7, 11) is -3.42. The highest BCUT2D eigenvalue weighted by molar-refractivity contribution is 7.88. The number of nitrogens with zero attached hydrogens (tertiary/aromatic N) is 1. The van der Waals surface area contributed by atoms with Crippen LogP contribution in [0, 0.1) is 0 Å². The van der Waals surface area contributed by atoms with Crippen molar-refractivity contribution < 1.29 is 13.2 Å². The molecule has 25 heavy (non-hydrogen) atoms. The highest BCUT2D eigenvalue weighted by Gasteiger charge is 2.20. The van der Waals surface area contributed by atoms with Gasteiger partial charge in [-0.2, -0.15) is 0 Å². The number of benzene rings is 2. The average molecular weight is 359 g/mol. The normalized spacial score (nSPS) is 14.9. The number of nitrogens with one attached hydrogen (secondary N) is 2. The Morgan fingerprint density at radius 2 is 1.80 bits per heavy atom. The minimum absolute atomic E-state index is 0.398. The van der Waals surface area contributed by atoms with Crippen LogP contribution in [0.3, 0.4) is 0 Å². The van der Waals surface area contributed by atoms with Crippen LogP contribution in [0.5, 0.6) is 0 Å². The fraction of sp³-hybridized carbons (Fsp3) is 0.278. The number of amides is 1.